The molecule has 0 spiro atoms. The van der Waals surface area contributed by atoms with Gasteiger partial charge in [-0.2, -0.15) is 0 Å². The summed E-state index contributed by atoms with van der Waals surface area (Å²) in [7, 11) is 0. The monoisotopic (exact) mass is 345 g/mol. The second kappa shape index (κ2) is 6.28. The summed E-state index contributed by atoms with van der Waals surface area (Å²) in [4.78, 5) is 5.67. The Kier molecular flexibility index (Phi) is 4.01. The van der Waals surface area contributed by atoms with Crippen molar-refractivity contribution in [2.24, 2.45) is 4.99 Å². The predicted octanol–water partition coefficient (Wildman–Crippen LogP) is 4.97. The average molecular weight is 345 g/mol. The van der Waals surface area contributed by atoms with Gasteiger partial charge in [0, 0.05) is 5.75 Å². The van der Waals surface area contributed by atoms with Crippen molar-refractivity contribution in [1.29, 1.82) is 0 Å². The van der Waals surface area contributed by atoms with Gasteiger partial charge in [-0.25, -0.2) is 4.99 Å². The first-order chi connectivity index (χ1) is 10.9. The Morgan fingerprint density at radius 1 is 1.14 bits per heavy atom. The summed E-state index contributed by atoms with van der Waals surface area (Å²) in [6.07, 6.45) is 0. The number of hydrogen-bond acceptors (Lipinski definition) is 7. The number of thioether (sulfide) groups is 2. The van der Waals surface area contributed by atoms with Gasteiger partial charge in [0.1, 0.15) is 4.38 Å². The number of aliphatic imine (C=N–C) groups is 1. The normalized spacial score (nSPS) is 13.7. The molecule has 0 radical (unpaired) electrons. The van der Waals surface area contributed by atoms with Crippen LogP contribution in [0, 0.1) is 0 Å². The number of nitrogens with zero attached hydrogens (tertiary/aromatic N) is 3. The van der Waals surface area contributed by atoms with Gasteiger partial charge < -0.3 is 4.42 Å². The van der Waals surface area contributed by atoms with E-state index < -0.39 is 0 Å². The second-order valence-electron chi connectivity index (χ2n) is 4.56. The molecule has 110 valence electrons. The molecule has 4 rings (SSSR count). The maximum atomic E-state index is 5.69. The Morgan fingerprint density at radius 3 is 3.00 bits per heavy atom. The number of thiophene rings is 1. The lowest BCUT2D eigenvalue weighted by Gasteiger charge is -2.13. The highest BCUT2D eigenvalue weighted by molar-refractivity contribution is 8.38. The van der Waals surface area contributed by atoms with Crippen molar-refractivity contribution in [2.75, 3.05) is 0 Å². The molecule has 0 saturated heterocycles. The van der Waals surface area contributed by atoms with E-state index in [0.29, 0.717) is 17.5 Å². The van der Waals surface area contributed by atoms with Crippen LogP contribution in [0.5, 0.6) is 0 Å². The highest BCUT2D eigenvalue weighted by Crippen LogP contribution is 2.35. The predicted molar refractivity (Wildman–Crippen MR) is 93.7 cm³/mol. The van der Waals surface area contributed by atoms with Gasteiger partial charge in [-0.05, 0) is 23.1 Å². The van der Waals surface area contributed by atoms with Gasteiger partial charge >= 0.3 is 0 Å². The molecule has 1 aromatic carbocycles. The third-order valence-corrected chi connectivity index (χ3v) is 6.16. The fourth-order valence-corrected chi connectivity index (χ4v) is 4.56. The minimum atomic E-state index is 0.592. The summed E-state index contributed by atoms with van der Waals surface area (Å²) < 4.78 is 6.74. The van der Waals surface area contributed by atoms with Crippen LogP contribution in [0.15, 0.2) is 51.2 Å². The van der Waals surface area contributed by atoms with E-state index in [-0.39, 0.29) is 0 Å². The molecule has 0 fully saturated rings. The fraction of sp³-hybridized carbons (Fsp3) is 0.133. The minimum Gasteiger partial charge on any atom is -0.419 e. The van der Waals surface area contributed by atoms with Crippen molar-refractivity contribution in [3.8, 4) is 10.8 Å². The molecule has 1 aliphatic heterocycles. The molecule has 3 heterocycles. The van der Waals surface area contributed by atoms with Crippen molar-refractivity contribution in [2.45, 2.75) is 11.5 Å². The van der Waals surface area contributed by atoms with Crippen molar-refractivity contribution in [3.63, 3.8) is 0 Å². The van der Waals surface area contributed by atoms with Crippen LogP contribution in [-0.4, -0.2) is 14.6 Å². The zero-order valence-electron chi connectivity index (χ0n) is 11.4. The second-order valence-corrected chi connectivity index (χ2v) is 7.70. The zero-order valence-corrected chi connectivity index (χ0v) is 13.9. The highest BCUT2D eigenvalue weighted by Gasteiger charge is 2.15. The Bertz CT molecular complexity index is 811. The number of para-hydroxylation sites is 1. The molecule has 7 heteroatoms. The quantitative estimate of drug-likeness (QED) is 0.671. The first-order valence-electron chi connectivity index (χ1n) is 6.67. The summed E-state index contributed by atoms with van der Waals surface area (Å²) in [5, 5.41) is 10.2. The molecule has 0 aliphatic carbocycles. The summed E-state index contributed by atoms with van der Waals surface area (Å²) in [5.74, 6) is 2.84. The minimum absolute atomic E-state index is 0.592. The van der Waals surface area contributed by atoms with Gasteiger partial charge in [-0.15, -0.1) is 21.5 Å². The van der Waals surface area contributed by atoms with Gasteiger partial charge in [0.25, 0.3) is 5.89 Å². The summed E-state index contributed by atoms with van der Waals surface area (Å²) in [6, 6.07) is 12.2. The van der Waals surface area contributed by atoms with Crippen LogP contribution in [0.3, 0.4) is 0 Å². The molecule has 0 bridgehead atoms. The fourth-order valence-electron chi connectivity index (χ4n) is 2.02. The van der Waals surface area contributed by atoms with E-state index in [4.69, 9.17) is 4.42 Å². The van der Waals surface area contributed by atoms with Crippen molar-refractivity contribution >= 4 is 44.9 Å². The van der Waals surface area contributed by atoms with Crippen molar-refractivity contribution in [3.05, 3.63) is 53.2 Å². The summed E-state index contributed by atoms with van der Waals surface area (Å²) in [5.41, 5.74) is 2.35. The zero-order chi connectivity index (χ0) is 14.8. The third kappa shape index (κ3) is 2.97. The van der Waals surface area contributed by atoms with E-state index >= 15 is 0 Å². The lowest BCUT2D eigenvalue weighted by molar-refractivity contribution is 0.530. The summed E-state index contributed by atoms with van der Waals surface area (Å²) >= 11 is 5.00. The number of aromatic nitrogens is 2. The van der Waals surface area contributed by atoms with Gasteiger partial charge in [0.2, 0.25) is 5.89 Å². The van der Waals surface area contributed by atoms with Crippen LogP contribution in [0.25, 0.3) is 10.8 Å². The molecule has 22 heavy (non-hydrogen) atoms. The molecule has 0 atom stereocenters. The standard InChI is InChI=1S/C15H11N3OS3/c1-2-5-11-10(4-1)8-21-15(16-11)22-9-13-17-18-14(19-13)12-6-3-7-20-12/h1-7H,8-9H2. The topological polar surface area (TPSA) is 51.3 Å². The lowest BCUT2D eigenvalue weighted by atomic mass is 10.2. The van der Waals surface area contributed by atoms with E-state index in [9.17, 15) is 0 Å². The molecule has 0 saturated carbocycles. The number of rotatable bonds is 3. The Balaban J connectivity index is 1.44. The smallest absolute Gasteiger partial charge is 0.257 e. The van der Waals surface area contributed by atoms with Gasteiger partial charge in [0.15, 0.2) is 0 Å². The van der Waals surface area contributed by atoms with Crippen LogP contribution in [-0.2, 0) is 11.5 Å². The molecule has 0 unspecified atom stereocenters. The molecule has 2 aromatic heterocycles. The van der Waals surface area contributed by atoms with Gasteiger partial charge in [-0.1, -0.05) is 47.8 Å². The number of benzene rings is 1. The van der Waals surface area contributed by atoms with Crippen LogP contribution in [0.2, 0.25) is 0 Å². The van der Waals surface area contributed by atoms with Crippen LogP contribution >= 0.6 is 34.9 Å². The first kappa shape index (κ1) is 14.0. The molecule has 0 amide bonds. The SMILES string of the molecule is c1csc(-c2nnc(CSC3=Nc4ccccc4CS3)o2)c1. The van der Waals surface area contributed by atoms with Crippen LogP contribution in [0.4, 0.5) is 5.69 Å². The van der Waals surface area contributed by atoms with E-state index in [0.717, 1.165) is 20.7 Å². The van der Waals surface area contributed by atoms with Crippen molar-refractivity contribution in [1.82, 2.24) is 10.2 Å². The van der Waals surface area contributed by atoms with E-state index in [2.05, 4.69) is 33.4 Å². The van der Waals surface area contributed by atoms with Gasteiger partial charge in [-0.3, -0.25) is 0 Å². The molecule has 1 aliphatic rings. The lowest BCUT2D eigenvalue weighted by Crippen LogP contribution is -1.96. The van der Waals surface area contributed by atoms with E-state index in [1.807, 2.05) is 23.6 Å². The first-order valence-corrected chi connectivity index (χ1v) is 9.52. The van der Waals surface area contributed by atoms with E-state index in [1.165, 1.54) is 5.56 Å². The Labute approximate surface area is 140 Å². The third-order valence-electron chi connectivity index (χ3n) is 3.07. The molecule has 0 N–H and O–H groups in total. The number of fused-ring (bicyclic) bond motifs is 1. The number of hydrogen-bond donors (Lipinski definition) is 0. The largest absolute Gasteiger partial charge is 0.419 e. The Hall–Kier alpha value is -1.57. The van der Waals surface area contributed by atoms with Crippen molar-refractivity contribution < 1.29 is 4.42 Å². The molecule has 3 aromatic rings. The van der Waals surface area contributed by atoms with Crippen LogP contribution in [0.1, 0.15) is 11.5 Å². The Morgan fingerprint density at radius 2 is 2.09 bits per heavy atom. The molecular formula is C15H11N3OS3. The van der Waals surface area contributed by atoms with Gasteiger partial charge in [0.05, 0.1) is 16.3 Å². The molecular weight excluding hydrogens is 334 g/mol. The molecule has 4 nitrogen and oxygen atoms in total. The average Bonchev–Trinajstić information content (AvgIpc) is 3.24. The summed E-state index contributed by atoms with van der Waals surface area (Å²) in [6.45, 7) is 0. The van der Waals surface area contributed by atoms with Crippen LogP contribution < -0.4 is 0 Å². The maximum Gasteiger partial charge on any atom is 0.257 e. The maximum absolute atomic E-state index is 5.69. The highest BCUT2D eigenvalue weighted by atomic mass is 32.2. The van der Waals surface area contributed by atoms with E-state index in [1.54, 1.807) is 34.9 Å².